The molecule has 0 bridgehead atoms. The van der Waals surface area contributed by atoms with Gasteiger partial charge in [0.1, 0.15) is 22.8 Å². The first-order valence-electron chi connectivity index (χ1n) is 5.67. The number of nitrogens with zero attached hydrogens (tertiary/aromatic N) is 1. The summed E-state index contributed by atoms with van der Waals surface area (Å²) in [5.74, 6) is 1.13. The molecule has 1 heterocycles. The van der Waals surface area contributed by atoms with Gasteiger partial charge in [0, 0.05) is 12.0 Å². The Hall–Kier alpha value is -2.49. The first kappa shape index (κ1) is 10.7. The lowest BCUT2D eigenvalue weighted by Gasteiger charge is -2.00. The molecule has 0 fully saturated rings. The van der Waals surface area contributed by atoms with E-state index in [1.165, 1.54) is 0 Å². The normalized spacial score (nSPS) is 10.9. The molecule has 3 N–H and O–H groups in total. The average molecular weight is 240 g/mol. The van der Waals surface area contributed by atoms with E-state index in [0.717, 1.165) is 11.1 Å². The lowest BCUT2D eigenvalue weighted by Crippen LogP contribution is -1.90. The largest absolute Gasteiger partial charge is 0.508 e. The van der Waals surface area contributed by atoms with E-state index < -0.39 is 0 Å². The molecule has 0 aliphatic carbocycles. The topological polar surface area (TPSA) is 69.1 Å². The van der Waals surface area contributed by atoms with Gasteiger partial charge in [-0.25, -0.2) is 4.98 Å². The number of phenols is 2. The summed E-state index contributed by atoms with van der Waals surface area (Å²) in [6, 6.07) is 12.4. The third-order valence-electron chi connectivity index (χ3n) is 2.89. The van der Waals surface area contributed by atoms with E-state index in [1.54, 1.807) is 24.3 Å². The molecule has 3 aromatic rings. The van der Waals surface area contributed by atoms with Crippen LogP contribution in [0.1, 0.15) is 11.4 Å². The van der Waals surface area contributed by atoms with E-state index in [4.69, 9.17) is 0 Å². The Morgan fingerprint density at radius 3 is 2.50 bits per heavy atom. The second-order valence-corrected chi connectivity index (χ2v) is 4.16. The van der Waals surface area contributed by atoms with Crippen molar-refractivity contribution in [1.29, 1.82) is 0 Å². The van der Waals surface area contributed by atoms with Crippen molar-refractivity contribution in [3.05, 3.63) is 53.9 Å². The lowest BCUT2D eigenvalue weighted by atomic mass is 10.1. The summed E-state index contributed by atoms with van der Waals surface area (Å²) >= 11 is 0. The molecule has 0 saturated heterocycles. The Labute approximate surface area is 104 Å². The molecular weight excluding hydrogens is 228 g/mol. The van der Waals surface area contributed by atoms with Gasteiger partial charge in [-0.05, 0) is 18.2 Å². The number of H-pyrrole nitrogens is 1. The van der Waals surface area contributed by atoms with Crippen LogP contribution in [-0.4, -0.2) is 20.2 Å². The highest BCUT2D eigenvalue weighted by atomic mass is 16.3. The van der Waals surface area contributed by atoms with Crippen LogP contribution in [0.25, 0.3) is 11.0 Å². The zero-order valence-electron chi connectivity index (χ0n) is 9.59. The van der Waals surface area contributed by atoms with E-state index in [0.29, 0.717) is 17.8 Å². The van der Waals surface area contributed by atoms with Gasteiger partial charge in [-0.3, -0.25) is 0 Å². The van der Waals surface area contributed by atoms with Crippen molar-refractivity contribution < 1.29 is 10.2 Å². The highest BCUT2D eigenvalue weighted by Crippen LogP contribution is 2.24. The fourth-order valence-corrected chi connectivity index (χ4v) is 1.99. The third kappa shape index (κ3) is 1.78. The predicted molar refractivity (Wildman–Crippen MR) is 68.7 cm³/mol. The zero-order valence-corrected chi connectivity index (χ0v) is 9.59. The Kier molecular flexibility index (Phi) is 2.41. The van der Waals surface area contributed by atoms with Gasteiger partial charge in [0.2, 0.25) is 0 Å². The molecule has 0 radical (unpaired) electrons. The van der Waals surface area contributed by atoms with Crippen LogP contribution in [0.15, 0.2) is 42.5 Å². The van der Waals surface area contributed by atoms with Crippen molar-refractivity contribution in [3.8, 4) is 11.5 Å². The summed E-state index contributed by atoms with van der Waals surface area (Å²) in [5.41, 5.74) is 2.15. The molecule has 2 aromatic carbocycles. The molecule has 0 atom stereocenters. The quantitative estimate of drug-likeness (QED) is 0.644. The van der Waals surface area contributed by atoms with Crippen molar-refractivity contribution in [2.45, 2.75) is 6.42 Å². The second-order valence-electron chi connectivity index (χ2n) is 4.16. The number of imidazole rings is 1. The number of phenolic OH excluding ortho intramolecular Hbond substituents is 2. The molecule has 0 amide bonds. The fourth-order valence-electron chi connectivity index (χ4n) is 1.99. The zero-order chi connectivity index (χ0) is 12.5. The summed E-state index contributed by atoms with van der Waals surface area (Å²) in [6.45, 7) is 0. The third-order valence-corrected chi connectivity index (χ3v) is 2.89. The van der Waals surface area contributed by atoms with E-state index >= 15 is 0 Å². The smallest absolute Gasteiger partial charge is 0.143 e. The van der Waals surface area contributed by atoms with Crippen LogP contribution in [0.2, 0.25) is 0 Å². The first-order chi connectivity index (χ1) is 8.74. The monoisotopic (exact) mass is 240 g/mol. The lowest BCUT2D eigenvalue weighted by molar-refractivity contribution is 0.469. The van der Waals surface area contributed by atoms with Crippen LogP contribution >= 0.6 is 0 Å². The molecule has 4 nitrogen and oxygen atoms in total. The van der Waals surface area contributed by atoms with Gasteiger partial charge < -0.3 is 15.2 Å². The van der Waals surface area contributed by atoms with Crippen molar-refractivity contribution >= 4 is 11.0 Å². The summed E-state index contributed by atoms with van der Waals surface area (Å²) in [7, 11) is 0. The number of aromatic amines is 1. The van der Waals surface area contributed by atoms with Crippen LogP contribution in [0.3, 0.4) is 0 Å². The predicted octanol–water partition coefficient (Wildman–Crippen LogP) is 2.56. The number of benzene rings is 2. The highest BCUT2D eigenvalue weighted by molar-refractivity contribution is 5.81. The van der Waals surface area contributed by atoms with Gasteiger partial charge in [-0.1, -0.05) is 24.3 Å². The maximum absolute atomic E-state index is 9.71. The summed E-state index contributed by atoms with van der Waals surface area (Å²) < 4.78 is 0. The Balaban J connectivity index is 2.01. The van der Waals surface area contributed by atoms with E-state index in [1.807, 2.05) is 18.2 Å². The molecule has 4 heteroatoms. The maximum Gasteiger partial charge on any atom is 0.143 e. The fraction of sp³-hybridized carbons (Fsp3) is 0.0714. The first-order valence-corrected chi connectivity index (χ1v) is 5.67. The Morgan fingerprint density at radius 1 is 0.944 bits per heavy atom. The maximum atomic E-state index is 9.71. The van der Waals surface area contributed by atoms with Gasteiger partial charge >= 0.3 is 0 Å². The van der Waals surface area contributed by atoms with Crippen LogP contribution in [0, 0.1) is 0 Å². The highest BCUT2D eigenvalue weighted by Gasteiger charge is 2.08. The number of para-hydroxylation sites is 2. The van der Waals surface area contributed by atoms with Crippen LogP contribution < -0.4 is 0 Å². The average Bonchev–Trinajstić information content (AvgIpc) is 2.76. The van der Waals surface area contributed by atoms with Crippen molar-refractivity contribution in [2.75, 3.05) is 0 Å². The van der Waals surface area contributed by atoms with Gasteiger partial charge in [-0.2, -0.15) is 0 Å². The minimum atomic E-state index is 0.160. The molecule has 1 aromatic heterocycles. The number of nitrogens with one attached hydrogen (secondary N) is 1. The molecule has 3 rings (SSSR count). The standard InChI is InChI=1S/C14H12N2O2/c17-11-6-2-1-4-9(11)8-13-15-10-5-3-7-12(18)14(10)16-13/h1-7,17-18H,8H2,(H,15,16). The number of rotatable bonds is 2. The molecule has 18 heavy (non-hydrogen) atoms. The molecule has 0 saturated carbocycles. The minimum Gasteiger partial charge on any atom is -0.508 e. The Bertz CT molecular complexity index is 704. The van der Waals surface area contributed by atoms with E-state index in [9.17, 15) is 10.2 Å². The van der Waals surface area contributed by atoms with Crippen LogP contribution in [0.4, 0.5) is 0 Å². The van der Waals surface area contributed by atoms with E-state index in [2.05, 4.69) is 9.97 Å². The molecular formula is C14H12N2O2. The number of fused-ring (bicyclic) bond motifs is 1. The van der Waals surface area contributed by atoms with Gasteiger partial charge in [0.25, 0.3) is 0 Å². The number of hydrogen-bond acceptors (Lipinski definition) is 3. The molecule has 0 spiro atoms. The molecule has 0 aliphatic heterocycles. The second kappa shape index (κ2) is 4.07. The summed E-state index contributed by atoms with van der Waals surface area (Å²) in [6.07, 6.45) is 0.501. The summed E-state index contributed by atoms with van der Waals surface area (Å²) in [4.78, 5) is 7.46. The van der Waals surface area contributed by atoms with Gasteiger partial charge in [0.05, 0.1) is 5.52 Å². The number of hydrogen-bond donors (Lipinski definition) is 3. The Morgan fingerprint density at radius 2 is 1.72 bits per heavy atom. The number of aromatic hydroxyl groups is 2. The van der Waals surface area contributed by atoms with Crippen molar-refractivity contribution in [1.82, 2.24) is 9.97 Å². The SMILES string of the molecule is Oc1ccccc1Cc1nc2c(O)cccc2[nH]1. The van der Waals surface area contributed by atoms with Gasteiger partial charge in [0.15, 0.2) is 0 Å². The van der Waals surface area contributed by atoms with Crippen LogP contribution in [0.5, 0.6) is 11.5 Å². The van der Waals surface area contributed by atoms with Crippen LogP contribution in [-0.2, 0) is 6.42 Å². The minimum absolute atomic E-state index is 0.160. The number of aromatic nitrogens is 2. The van der Waals surface area contributed by atoms with Crippen molar-refractivity contribution in [2.24, 2.45) is 0 Å². The van der Waals surface area contributed by atoms with Crippen molar-refractivity contribution in [3.63, 3.8) is 0 Å². The molecule has 0 unspecified atom stereocenters. The van der Waals surface area contributed by atoms with E-state index in [-0.39, 0.29) is 11.5 Å². The van der Waals surface area contributed by atoms with Gasteiger partial charge in [-0.15, -0.1) is 0 Å². The summed E-state index contributed by atoms with van der Waals surface area (Å²) in [5, 5.41) is 19.4. The molecule has 90 valence electrons. The molecule has 0 aliphatic rings.